The Kier molecular flexibility index (Phi) is 7.62. The fourth-order valence-corrected chi connectivity index (χ4v) is 2.99. The van der Waals surface area contributed by atoms with E-state index in [-0.39, 0.29) is 18.0 Å². The number of rotatable bonds is 6. The van der Waals surface area contributed by atoms with Crippen molar-refractivity contribution in [1.29, 1.82) is 0 Å². The minimum atomic E-state index is -3.17. The average molecular weight is 383 g/mol. The van der Waals surface area contributed by atoms with E-state index >= 15 is 0 Å². The zero-order valence-corrected chi connectivity index (χ0v) is 17.3. The number of nitrogens with zero attached hydrogens (tertiary/aromatic N) is 2. The molecule has 0 saturated carbocycles. The van der Waals surface area contributed by atoms with Crippen molar-refractivity contribution in [2.75, 3.05) is 33.4 Å². The topological polar surface area (TPSA) is 90.9 Å². The molecule has 0 saturated heterocycles. The van der Waals surface area contributed by atoms with Crippen molar-refractivity contribution in [2.45, 2.75) is 37.6 Å². The number of carbonyl (C=O) groups is 1. The van der Waals surface area contributed by atoms with Gasteiger partial charge in [-0.25, -0.2) is 8.42 Å². The third kappa shape index (κ3) is 7.86. The van der Waals surface area contributed by atoms with E-state index in [1.165, 1.54) is 6.26 Å². The molecule has 146 valence electrons. The Bertz CT molecular complexity index is 735. The summed E-state index contributed by atoms with van der Waals surface area (Å²) in [6.07, 6.45) is 1.91. The third-order valence-electron chi connectivity index (χ3n) is 3.52. The Morgan fingerprint density at radius 2 is 1.77 bits per heavy atom. The van der Waals surface area contributed by atoms with Gasteiger partial charge in [-0.3, -0.25) is 9.79 Å². The van der Waals surface area contributed by atoms with Crippen LogP contribution in [0, 0.1) is 0 Å². The maximum Gasteiger partial charge on any atom is 0.240 e. The lowest BCUT2D eigenvalue weighted by Gasteiger charge is -2.25. The standard InChI is InChI=1S/C18H30N4O3S/c1-18(2,3)21-16(23)13-22(5)17(19-4)20-12-11-14-7-9-15(10-8-14)26(6,24)25/h7-10H,11-13H2,1-6H3,(H,19,20)(H,21,23). The van der Waals surface area contributed by atoms with Gasteiger partial charge >= 0.3 is 0 Å². The number of nitrogens with one attached hydrogen (secondary N) is 2. The molecule has 0 radical (unpaired) electrons. The van der Waals surface area contributed by atoms with Gasteiger partial charge in [0.15, 0.2) is 15.8 Å². The highest BCUT2D eigenvalue weighted by atomic mass is 32.2. The fourth-order valence-electron chi connectivity index (χ4n) is 2.35. The predicted octanol–water partition coefficient (Wildman–Crippen LogP) is 1.05. The molecule has 1 rings (SSSR count). The lowest BCUT2D eigenvalue weighted by atomic mass is 10.1. The summed E-state index contributed by atoms with van der Waals surface area (Å²) in [5, 5.41) is 6.12. The summed E-state index contributed by atoms with van der Waals surface area (Å²) in [6, 6.07) is 6.84. The van der Waals surface area contributed by atoms with Gasteiger partial charge in [0.1, 0.15) is 0 Å². The van der Waals surface area contributed by atoms with E-state index in [0.717, 1.165) is 5.56 Å². The molecule has 0 fully saturated rings. The van der Waals surface area contributed by atoms with Gasteiger partial charge in [-0.15, -0.1) is 0 Å². The molecule has 0 aliphatic heterocycles. The quantitative estimate of drug-likeness (QED) is 0.567. The number of hydrogen-bond donors (Lipinski definition) is 2. The first-order valence-corrected chi connectivity index (χ1v) is 10.3. The average Bonchev–Trinajstić information content (AvgIpc) is 2.49. The number of likely N-dealkylation sites (N-methyl/N-ethyl adjacent to an activating group) is 1. The van der Waals surface area contributed by atoms with E-state index in [9.17, 15) is 13.2 Å². The molecule has 7 nitrogen and oxygen atoms in total. The number of guanidine groups is 1. The summed E-state index contributed by atoms with van der Waals surface area (Å²) in [7, 11) is 0.299. The Balaban J connectivity index is 2.53. The van der Waals surface area contributed by atoms with E-state index in [0.29, 0.717) is 23.8 Å². The molecule has 0 aliphatic rings. The predicted molar refractivity (Wildman–Crippen MR) is 105 cm³/mol. The number of amides is 1. The highest BCUT2D eigenvalue weighted by molar-refractivity contribution is 7.90. The van der Waals surface area contributed by atoms with E-state index in [4.69, 9.17) is 0 Å². The lowest BCUT2D eigenvalue weighted by molar-refractivity contribution is -0.122. The van der Waals surface area contributed by atoms with Crippen molar-refractivity contribution in [2.24, 2.45) is 4.99 Å². The monoisotopic (exact) mass is 382 g/mol. The number of benzene rings is 1. The molecule has 8 heteroatoms. The van der Waals surface area contributed by atoms with Crippen LogP contribution in [0.25, 0.3) is 0 Å². The van der Waals surface area contributed by atoms with Crippen molar-refractivity contribution in [3.63, 3.8) is 0 Å². The Labute approximate surface area is 156 Å². The van der Waals surface area contributed by atoms with Gasteiger partial charge in [-0.2, -0.15) is 0 Å². The van der Waals surface area contributed by atoms with Crippen LogP contribution in [-0.4, -0.2) is 64.2 Å². The largest absolute Gasteiger partial charge is 0.356 e. The molecule has 26 heavy (non-hydrogen) atoms. The molecular formula is C18H30N4O3S. The molecular weight excluding hydrogens is 352 g/mol. The van der Waals surface area contributed by atoms with Crippen LogP contribution >= 0.6 is 0 Å². The first kappa shape index (κ1) is 22.0. The number of sulfone groups is 1. The Morgan fingerprint density at radius 3 is 2.23 bits per heavy atom. The smallest absolute Gasteiger partial charge is 0.240 e. The van der Waals surface area contributed by atoms with Crippen molar-refractivity contribution in [3.8, 4) is 0 Å². The minimum absolute atomic E-state index is 0.0701. The first-order valence-electron chi connectivity index (χ1n) is 8.44. The maximum absolute atomic E-state index is 12.0. The van der Waals surface area contributed by atoms with Gasteiger partial charge < -0.3 is 15.5 Å². The van der Waals surface area contributed by atoms with Crippen molar-refractivity contribution in [3.05, 3.63) is 29.8 Å². The SMILES string of the molecule is CN=C(NCCc1ccc(S(C)(=O)=O)cc1)N(C)CC(=O)NC(C)(C)C. The van der Waals surface area contributed by atoms with Crippen LogP contribution in [0.2, 0.25) is 0 Å². The summed E-state index contributed by atoms with van der Waals surface area (Å²) >= 11 is 0. The molecule has 1 amide bonds. The Hall–Kier alpha value is -2.09. The third-order valence-corrected chi connectivity index (χ3v) is 4.65. The summed E-state index contributed by atoms with van der Waals surface area (Å²) in [6.45, 7) is 6.64. The number of aliphatic imine (C=N–C) groups is 1. The normalized spacial score (nSPS) is 12.6. The van der Waals surface area contributed by atoms with Gasteiger partial charge in [0.05, 0.1) is 11.4 Å². The van der Waals surface area contributed by atoms with Gasteiger partial charge in [0, 0.05) is 32.4 Å². The van der Waals surface area contributed by atoms with Crippen LogP contribution < -0.4 is 10.6 Å². The zero-order chi connectivity index (χ0) is 20.0. The maximum atomic E-state index is 12.0. The molecule has 0 unspecified atom stereocenters. The zero-order valence-electron chi connectivity index (χ0n) is 16.5. The van der Waals surface area contributed by atoms with Crippen molar-refractivity contribution < 1.29 is 13.2 Å². The lowest BCUT2D eigenvalue weighted by Crippen LogP contribution is -2.49. The van der Waals surface area contributed by atoms with E-state index in [2.05, 4.69) is 15.6 Å². The Morgan fingerprint density at radius 1 is 1.19 bits per heavy atom. The van der Waals surface area contributed by atoms with Crippen LogP contribution in [0.1, 0.15) is 26.3 Å². The van der Waals surface area contributed by atoms with Crippen LogP contribution in [0.3, 0.4) is 0 Å². The molecule has 0 aromatic heterocycles. The summed E-state index contributed by atoms with van der Waals surface area (Å²) < 4.78 is 22.9. The van der Waals surface area contributed by atoms with Gasteiger partial charge in [0.2, 0.25) is 5.91 Å². The summed E-state index contributed by atoms with van der Waals surface area (Å²) in [5.74, 6) is 0.557. The van der Waals surface area contributed by atoms with Crippen molar-refractivity contribution in [1.82, 2.24) is 15.5 Å². The molecule has 0 bridgehead atoms. The van der Waals surface area contributed by atoms with Gasteiger partial charge in [-0.1, -0.05) is 12.1 Å². The highest BCUT2D eigenvalue weighted by Gasteiger charge is 2.16. The molecule has 1 aromatic rings. The van der Waals surface area contributed by atoms with E-state index in [1.807, 2.05) is 20.8 Å². The van der Waals surface area contributed by atoms with Crippen LogP contribution in [0.5, 0.6) is 0 Å². The fraction of sp³-hybridized carbons (Fsp3) is 0.556. The van der Waals surface area contributed by atoms with E-state index < -0.39 is 9.84 Å². The molecule has 1 aromatic carbocycles. The van der Waals surface area contributed by atoms with Gasteiger partial charge in [0.25, 0.3) is 0 Å². The summed E-state index contributed by atoms with van der Waals surface area (Å²) in [5.41, 5.74) is 0.751. The minimum Gasteiger partial charge on any atom is -0.356 e. The van der Waals surface area contributed by atoms with Crippen LogP contribution in [-0.2, 0) is 21.1 Å². The second-order valence-electron chi connectivity index (χ2n) is 7.29. The van der Waals surface area contributed by atoms with E-state index in [1.54, 1.807) is 43.3 Å². The molecule has 0 aliphatic carbocycles. The molecule has 0 heterocycles. The highest BCUT2D eigenvalue weighted by Crippen LogP contribution is 2.10. The molecule has 0 atom stereocenters. The van der Waals surface area contributed by atoms with Crippen molar-refractivity contribution >= 4 is 21.7 Å². The second kappa shape index (κ2) is 9.02. The number of hydrogen-bond acceptors (Lipinski definition) is 4. The molecule has 2 N–H and O–H groups in total. The van der Waals surface area contributed by atoms with Crippen LogP contribution in [0.4, 0.5) is 0 Å². The van der Waals surface area contributed by atoms with Gasteiger partial charge in [-0.05, 0) is 44.9 Å². The molecule has 0 spiro atoms. The number of carbonyl (C=O) groups excluding carboxylic acids is 1. The summed E-state index contributed by atoms with van der Waals surface area (Å²) in [4.78, 5) is 18.3. The first-order chi connectivity index (χ1) is 11.9. The second-order valence-corrected chi connectivity index (χ2v) is 9.31. The van der Waals surface area contributed by atoms with Crippen LogP contribution in [0.15, 0.2) is 34.2 Å².